The molecule has 2 amide bonds. The van der Waals surface area contributed by atoms with Gasteiger partial charge in [-0.3, -0.25) is 9.59 Å². The van der Waals surface area contributed by atoms with Crippen LogP contribution >= 0.6 is 35.0 Å². The molecule has 0 spiro atoms. The molecule has 0 atom stereocenters. The lowest BCUT2D eigenvalue weighted by Gasteiger charge is -2.10. The number of hydrogen-bond donors (Lipinski definition) is 2. The molecule has 0 radical (unpaired) electrons. The third-order valence-electron chi connectivity index (χ3n) is 4.63. The summed E-state index contributed by atoms with van der Waals surface area (Å²) in [4.78, 5) is 36.8. The Labute approximate surface area is 210 Å². The van der Waals surface area contributed by atoms with Crippen LogP contribution in [0.4, 0.5) is 5.69 Å². The number of aromatic nitrogens is 3. The minimum atomic E-state index is -0.541. The zero-order valence-electron chi connectivity index (χ0n) is 18.3. The van der Waals surface area contributed by atoms with Gasteiger partial charge in [0, 0.05) is 11.6 Å². The van der Waals surface area contributed by atoms with E-state index in [1.54, 1.807) is 41.0 Å². The summed E-state index contributed by atoms with van der Waals surface area (Å²) in [7, 11) is 1.28. The zero-order chi connectivity index (χ0) is 24.7. The molecule has 0 saturated carbocycles. The molecule has 178 valence electrons. The summed E-state index contributed by atoms with van der Waals surface area (Å²) in [5.41, 5.74) is 0.923. The maximum absolute atomic E-state index is 12.5. The molecule has 2 aromatic carbocycles. The van der Waals surface area contributed by atoms with E-state index >= 15 is 0 Å². The van der Waals surface area contributed by atoms with Crippen LogP contribution in [-0.2, 0) is 22.6 Å². The second-order valence-electron chi connectivity index (χ2n) is 6.82. The van der Waals surface area contributed by atoms with E-state index in [9.17, 15) is 14.4 Å². The highest BCUT2D eigenvalue weighted by Gasteiger charge is 2.17. The smallest absolute Gasteiger partial charge is 0.339 e. The third-order valence-corrected chi connectivity index (χ3v) is 6.15. The number of hydrogen-bond acceptors (Lipinski definition) is 7. The van der Waals surface area contributed by atoms with E-state index in [4.69, 9.17) is 27.9 Å². The van der Waals surface area contributed by atoms with Crippen LogP contribution in [-0.4, -0.2) is 45.4 Å². The van der Waals surface area contributed by atoms with Gasteiger partial charge in [-0.1, -0.05) is 47.1 Å². The molecule has 0 fully saturated rings. The van der Waals surface area contributed by atoms with Gasteiger partial charge >= 0.3 is 5.97 Å². The van der Waals surface area contributed by atoms with Crippen LogP contribution in [0.25, 0.3) is 0 Å². The number of anilines is 1. The predicted molar refractivity (Wildman–Crippen MR) is 130 cm³/mol. The molecule has 0 aliphatic rings. The Morgan fingerprint density at radius 3 is 2.56 bits per heavy atom. The fraction of sp³-hybridized carbons (Fsp3) is 0.227. The molecule has 0 aliphatic carbocycles. The molecule has 0 saturated heterocycles. The average molecular weight is 522 g/mol. The van der Waals surface area contributed by atoms with E-state index in [2.05, 4.69) is 20.8 Å². The quantitative estimate of drug-likeness (QED) is 0.322. The molecular formula is C22H21Cl2N5O4S. The van der Waals surface area contributed by atoms with Gasteiger partial charge in [-0.05, 0) is 37.3 Å². The lowest BCUT2D eigenvalue weighted by atomic mass is 10.2. The van der Waals surface area contributed by atoms with Gasteiger partial charge in [0.05, 0.1) is 41.2 Å². The van der Waals surface area contributed by atoms with Gasteiger partial charge in [0.25, 0.3) is 5.91 Å². The van der Waals surface area contributed by atoms with Crippen LogP contribution in [0.15, 0.2) is 47.6 Å². The fourth-order valence-electron chi connectivity index (χ4n) is 3.00. The summed E-state index contributed by atoms with van der Waals surface area (Å²) in [6.45, 7) is 2.56. The van der Waals surface area contributed by atoms with E-state index in [1.165, 1.54) is 24.9 Å². The average Bonchev–Trinajstić information content (AvgIpc) is 3.22. The van der Waals surface area contributed by atoms with Gasteiger partial charge in [-0.25, -0.2) is 4.79 Å². The first-order valence-corrected chi connectivity index (χ1v) is 11.8. The molecule has 2 N–H and O–H groups in total. The molecule has 3 rings (SSSR count). The highest BCUT2D eigenvalue weighted by molar-refractivity contribution is 7.99. The molecule has 3 aromatic rings. The third kappa shape index (κ3) is 6.28. The number of carbonyl (C=O) groups excluding carboxylic acids is 3. The normalized spacial score (nSPS) is 10.6. The van der Waals surface area contributed by atoms with E-state index in [0.717, 1.165) is 0 Å². The molecule has 0 aliphatic heterocycles. The maximum Gasteiger partial charge on any atom is 0.339 e. The summed E-state index contributed by atoms with van der Waals surface area (Å²) >= 11 is 13.1. The number of nitrogens with one attached hydrogen (secondary N) is 2. The van der Waals surface area contributed by atoms with Gasteiger partial charge in [-0.2, -0.15) is 0 Å². The number of esters is 1. The first kappa shape index (κ1) is 25.5. The Kier molecular flexibility index (Phi) is 8.91. The number of thioether (sulfide) groups is 1. The highest BCUT2D eigenvalue weighted by atomic mass is 35.5. The molecule has 1 heterocycles. The van der Waals surface area contributed by atoms with Gasteiger partial charge in [-0.15, -0.1) is 10.2 Å². The first-order valence-electron chi connectivity index (χ1n) is 10.1. The monoisotopic (exact) mass is 521 g/mol. The zero-order valence-corrected chi connectivity index (χ0v) is 20.6. The van der Waals surface area contributed by atoms with Crippen LogP contribution in [0.2, 0.25) is 10.0 Å². The van der Waals surface area contributed by atoms with Crippen molar-refractivity contribution in [1.29, 1.82) is 0 Å². The van der Waals surface area contributed by atoms with Crippen molar-refractivity contribution in [3.63, 3.8) is 0 Å². The molecule has 0 bridgehead atoms. The van der Waals surface area contributed by atoms with Crippen molar-refractivity contribution in [1.82, 2.24) is 20.1 Å². The Hall–Kier alpha value is -3.08. The number of ether oxygens (including phenoxy) is 1. The van der Waals surface area contributed by atoms with Gasteiger partial charge in [0.2, 0.25) is 5.91 Å². The molecule has 9 nitrogen and oxygen atoms in total. The number of amides is 2. The van der Waals surface area contributed by atoms with Crippen LogP contribution in [0.5, 0.6) is 0 Å². The van der Waals surface area contributed by atoms with Crippen molar-refractivity contribution in [2.24, 2.45) is 0 Å². The minimum Gasteiger partial charge on any atom is -0.465 e. The van der Waals surface area contributed by atoms with Crippen LogP contribution in [0.1, 0.15) is 33.5 Å². The Morgan fingerprint density at radius 2 is 1.85 bits per heavy atom. The van der Waals surface area contributed by atoms with Crippen molar-refractivity contribution in [3.8, 4) is 0 Å². The van der Waals surface area contributed by atoms with Gasteiger partial charge < -0.3 is 19.9 Å². The number of para-hydroxylation sites is 1. The van der Waals surface area contributed by atoms with Gasteiger partial charge in [0.1, 0.15) is 0 Å². The molecular weight excluding hydrogens is 501 g/mol. The van der Waals surface area contributed by atoms with Crippen molar-refractivity contribution in [2.45, 2.75) is 25.2 Å². The lowest BCUT2D eigenvalue weighted by molar-refractivity contribution is -0.113. The number of nitrogens with zero attached hydrogens (tertiary/aromatic N) is 3. The summed E-state index contributed by atoms with van der Waals surface area (Å²) < 4.78 is 6.54. The Bertz CT molecular complexity index is 1220. The summed E-state index contributed by atoms with van der Waals surface area (Å²) in [5, 5.41) is 14.9. The SMILES string of the molecule is CCn1c(CNC(=O)c2ccc(Cl)cc2Cl)nnc1SCC(=O)Nc1ccccc1C(=O)OC. The van der Waals surface area contributed by atoms with E-state index < -0.39 is 5.97 Å². The maximum atomic E-state index is 12.5. The summed E-state index contributed by atoms with van der Waals surface area (Å²) in [5.74, 6) is -0.662. The Balaban J connectivity index is 1.61. The van der Waals surface area contributed by atoms with Crippen LogP contribution < -0.4 is 10.6 Å². The molecule has 34 heavy (non-hydrogen) atoms. The number of benzene rings is 2. The number of halogens is 2. The largest absolute Gasteiger partial charge is 0.465 e. The predicted octanol–water partition coefficient (Wildman–Crippen LogP) is 4.05. The second kappa shape index (κ2) is 11.9. The Morgan fingerprint density at radius 1 is 1.09 bits per heavy atom. The molecule has 1 aromatic heterocycles. The second-order valence-corrected chi connectivity index (χ2v) is 8.61. The van der Waals surface area contributed by atoms with Crippen molar-refractivity contribution in [3.05, 3.63) is 69.5 Å². The first-order chi connectivity index (χ1) is 16.3. The summed E-state index contributed by atoms with van der Waals surface area (Å²) in [6.07, 6.45) is 0. The fourth-order valence-corrected chi connectivity index (χ4v) is 4.31. The van der Waals surface area contributed by atoms with Crippen LogP contribution in [0, 0.1) is 0 Å². The number of rotatable bonds is 9. The number of carbonyl (C=O) groups is 3. The van der Waals surface area contributed by atoms with Crippen molar-refractivity contribution < 1.29 is 19.1 Å². The number of methoxy groups -OCH3 is 1. The topological polar surface area (TPSA) is 115 Å². The highest BCUT2D eigenvalue weighted by Crippen LogP contribution is 2.22. The van der Waals surface area contributed by atoms with E-state index in [1.807, 2.05) is 6.92 Å². The van der Waals surface area contributed by atoms with Crippen LogP contribution in [0.3, 0.4) is 0 Å². The minimum absolute atomic E-state index is 0.0420. The summed E-state index contributed by atoms with van der Waals surface area (Å²) in [6, 6.07) is 11.2. The van der Waals surface area contributed by atoms with E-state index in [-0.39, 0.29) is 34.7 Å². The molecule has 0 unspecified atom stereocenters. The van der Waals surface area contributed by atoms with Crippen molar-refractivity contribution >= 4 is 58.4 Å². The van der Waals surface area contributed by atoms with Crippen molar-refractivity contribution in [2.75, 3.05) is 18.2 Å². The molecule has 12 heteroatoms. The van der Waals surface area contributed by atoms with Gasteiger partial charge in [0.15, 0.2) is 11.0 Å². The van der Waals surface area contributed by atoms with E-state index in [0.29, 0.717) is 33.8 Å². The lowest BCUT2D eigenvalue weighted by Crippen LogP contribution is -2.25. The standard InChI is InChI=1S/C22H21Cl2N5O4S/c1-3-29-18(11-25-20(31)14-9-8-13(23)10-16(14)24)27-28-22(29)34-12-19(30)26-17-7-5-4-6-15(17)21(32)33-2/h4-10H,3,11-12H2,1-2H3,(H,25,31)(H,26,30).